The number of hydrogen-bond donors (Lipinski definition) is 0. The number of carbonyl (C=O) groups is 1. The quantitative estimate of drug-likeness (QED) is 0.816. The summed E-state index contributed by atoms with van der Waals surface area (Å²) in [6.45, 7) is 0. The van der Waals surface area contributed by atoms with Crippen LogP contribution in [0.3, 0.4) is 0 Å². The summed E-state index contributed by atoms with van der Waals surface area (Å²) < 4.78 is 26.3. The highest BCUT2D eigenvalue weighted by Gasteiger charge is 2.34. The van der Waals surface area contributed by atoms with Crippen LogP contribution >= 0.6 is 23.4 Å². The summed E-state index contributed by atoms with van der Waals surface area (Å²) in [7, 11) is 0. The van der Waals surface area contributed by atoms with Crippen molar-refractivity contribution in [1.82, 2.24) is 0 Å². The van der Waals surface area contributed by atoms with Gasteiger partial charge in [-0.2, -0.15) is 0 Å². The third-order valence-electron chi connectivity index (χ3n) is 3.20. The molecule has 1 atom stereocenters. The summed E-state index contributed by atoms with van der Waals surface area (Å²) in [4.78, 5) is 13.7. The van der Waals surface area contributed by atoms with Gasteiger partial charge in [-0.05, 0) is 35.9 Å². The number of halogens is 3. The summed E-state index contributed by atoms with van der Waals surface area (Å²) in [5.74, 6) is -0.628. The summed E-state index contributed by atoms with van der Waals surface area (Å²) in [5.41, 5.74) is 1.35. The predicted octanol–water partition coefficient (Wildman–Crippen LogP) is 4.40. The summed E-state index contributed by atoms with van der Waals surface area (Å²) in [6, 6.07) is 10.2. The maximum absolute atomic E-state index is 13.3. The lowest BCUT2D eigenvalue weighted by molar-refractivity contribution is -0.115. The Morgan fingerprint density at radius 2 is 1.86 bits per heavy atom. The van der Waals surface area contributed by atoms with E-state index in [0.29, 0.717) is 11.4 Å². The molecule has 1 amide bonds. The van der Waals surface area contributed by atoms with Gasteiger partial charge in [0.25, 0.3) is 0 Å². The van der Waals surface area contributed by atoms with Crippen LogP contribution in [0.2, 0.25) is 5.02 Å². The monoisotopic (exact) mass is 325 g/mol. The molecule has 0 spiro atoms. The van der Waals surface area contributed by atoms with Gasteiger partial charge in [-0.25, -0.2) is 8.78 Å². The predicted molar refractivity (Wildman–Crippen MR) is 80.5 cm³/mol. The number of rotatable bonds is 2. The van der Waals surface area contributed by atoms with Crippen molar-refractivity contribution in [2.24, 2.45) is 0 Å². The summed E-state index contributed by atoms with van der Waals surface area (Å²) in [5, 5.41) is -0.297. The maximum Gasteiger partial charge on any atom is 0.238 e. The SMILES string of the molecule is O=C1CSC(c2ccc(F)cc2)N1c1ccc(F)c(Cl)c1. The van der Waals surface area contributed by atoms with Crippen molar-refractivity contribution < 1.29 is 13.6 Å². The molecule has 0 bridgehead atoms. The average molecular weight is 326 g/mol. The molecule has 1 aliphatic rings. The van der Waals surface area contributed by atoms with Crippen LogP contribution in [0, 0.1) is 11.6 Å². The van der Waals surface area contributed by atoms with Crippen molar-refractivity contribution in [2.45, 2.75) is 5.37 Å². The van der Waals surface area contributed by atoms with E-state index in [4.69, 9.17) is 11.6 Å². The molecule has 3 rings (SSSR count). The Morgan fingerprint density at radius 3 is 2.52 bits per heavy atom. The zero-order valence-corrected chi connectivity index (χ0v) is 12.3. The first-order valence-electron chi connectivity index (χ1n) is 6.20. The highest BCUT2D eigenvalue weighted by Crippen LogP contribution is 2.42. The molecule has 2 nitrogen and oxygen atoms in total. The van der Waals surface area contributed by atoms with E-state index in [0.717, 1.165) is 5.56 Å². The van der Waals surface area contributed by atoms with Crippen LogP contribution in [0.25, 0.3) is 0 Å². The molecule has 21 heavy (non-hydrogen) atoms. The average Bonchev–Trinajstić information content (AvgIpc) is 2.85. The van der Waals surface area contributed by atoms with Gasteiger partial charge >= 0.3 is 0 Å². The highest BCUT2D eigenvalue weighted by atomic mass is 35.5. The Labute approximate surface area is 129 Å². The summed E-state index contributed by atoms with van der Waals surface area (Å²) >= 11 is 7.22. The van der Waals surface area contributed by atoms with Gasteiger partial charge in [-0.1, -0.05) is 23.7 Å². The van der Waals surface area contributed by atoms with Crippen LogP contribution in [-0.4, -0.2) is 11.7 Å². The number of amides is 1. The molecule has 0 saturated carbocycles. The van der Waals surface area contributed by atoms with Crippen LogP contribution in [-0.2, 0) is 4.79 Å². The maximum atomic E-state index is 13.3. The van der Waals surface area contributed by atoms with Crippen LogP contribution < -0.4 is 4.90 Å². The van der Waals surface area contributed by atoms with Crippen molar-refractivity contribution in [3.63, 3.8) is 0 Å². The molecule has 108 valence electrons. The second kappa shape index (κ2) is 5.66. The third-order valence-corrected chi connectivity index (χ3v) is 4.71. The molecule has 1 heterocycles. The Hall–Kier alpha value is -1.59. The van der Waals surface area contributed by atoms with Gasteiger partial charge in [-0.3, -0.25) is 9.69 Å². The van der Waals surface area contributed by atoms with E-state index in [2.05, 4.69) is 0 Å². The molecular formula is C15H10ClF2NOS. The summed E-state index contributed by atoms with van der Waals surface area (Å²) in [6.07, 6.45) is 0. The minimum absolute atomic E-state index is 0.0324. The van der Waals surface area contributed by atoms with Gasteiger partial charge in [-0.15, -0.1) is 11.8 Å². The van der Waals surface area contributed by atoms with E-state index in [1.165, 1.54) is 42.1 Å². The number of anilines is 1. The second-order valence-corrected chi connectivity index (χ2v) is 6.05. The van der Waals surface area contributed by atoms with Crippen LogP contribution in [0.1, 0.15) is 10.9 Å². The Balaban J connectivity index is 1.99. The Morgan fingerprint density at radius 1 is 1.14 bits per heavy atom. The first kappa shape index (κ1) is 14.4. The number of hydrogen-bond acceptors (Lipinski definition) is 2. The number of thioether (sulfide) groups is 1. The smallest absolute Gasteiger partial charge is 0.238 e. The van der Waals surface area contributed by atoms with Gasteiger partial charge in [0, 0.05) is 5.69 Å². The molecule has 1 fully saturated rings. The van der Waals surface area contributed by atoms with Crippen molar-refractivity contribution >= 4 is 35.0 Å². The zero-order valence-electron chi connectivity index (χ0n) is 10.7. The van der Waals surface area contributed by atoms with Gasteiger partial charge in [0.1, 0.15) is 17.0 Å². The van der Waals surface area contributed by atoms with Gasteiger partial charge in [0.05, 0.1) is 10.8 Å². The fraction of sp³-hybridized carbons (Fsp3) is 0.133. The topological polar surface area (TPSA) is 20.3 Å². The van der Waals surface area contributed by atoms with Gasteiger partial charge in [0.15, 0.2) is 0 Å². The number of nitrogens with zero attached hydrogens (tertiary/aromatic N) is 1. The first-order valence-corrected chi connectivity index (χ1v) is 7.63. The van der Waals surface area contributed by atoms with E-state index < -0.39 is 5.82 Å². The standard InChI is InChI=1S/C15H10ClF2NOS/c16-12-7-11(5-6-13(12)18)19-14(20)8-21-15(19)9-1-3-10(17)4-2-9/h1-7,15H,8H2. The molecule has 0 radical (unpaired) electrons. The van der Waals surface area contributed by atoms with Crippen molar-refractivity contribution in [2.75, 3.05) is 10.7 Å². The Bertz CT molecular complexity index is 693. The van der Waals surface area contributed by atoms with Gasteiger partial charge < -0.3 is 0 Å². The molecule has 0 aromatic heterocycles. The number of carbonyl (C=O) groups excluding carboxylic acids is 1. The van der Waals surface area contributed by atoms with Crippen molar-refractivity contribution in [1.29, 1.82) is 0 Å². The van der Waals surface area contributed by atoms with Crippen LogP contribution in [0.5, 0.6) is 0 Å². The number of benzene rings is 2. The largest absolute Gasteiger partial charge is 0.295 e. The molecule has 0 aliphatic carbocycles. The van der Waals surface area contributed by atoms with E-state index in [-0.39, 0.29) is 22.1 Å². The molecule has 2 aromatic rings. The third kappa shape index (κ3) is 2.76. The molecule has 1 saturated heterocycles. The van der Waals surface area contributed by atoms with Gasteiger partial charge in [0.2, 0.25) is 5.91 Å². The van der Waals surface area contributed by atoms with Crippen LogP contribution in [0.4, 0.5) is 14.5 Å². The second-order valence-electron chi connectivity index (χ2n) is 4.58. The Kier molecular flexibility index (Phi) is 3.87. The fourth-order valence-corrected chi connectivity index (χ4v) is 3.56. The van der Waals surface area contributed by atoms with E-state index in [1.807, 2.05) is 0 Å². The molecule has 2 aromatic carbocycles. The minimum atomic E-state index is -0.530. The molecule has 1 aliphatic heterocycles. The lowest BCUT2D eigenvalue weighted by atomic mass is 10.2. The highest BCUT2D eigenvalue weighted by molar-refractivity contribution is 8.00. The molecule has 6 heteroatoms. The normalized spacial score (nSPS) is 18.3. The molecular weight excluding hydrogens is 316 g/mol. The minimum Gasteiger partial charge on any atom is -0.295 e. The zero-order chi connectivity index (χ0) is 15.0. The molecule has 1 unspecified atom stereocenters. The molecule has 0 N–H and O–H groups in total. The van der Waals surface area contributed by atoms with E-state index in [9.17, 15) is 13.6 Å². The first-order chi connectivity index (χ1) is 10.1. The van der Waals surface area contributed by atoms with Crippen molar-refractivity contribution in [3.8, 4) is 0 Å². The van der Waals surface area contributed by atoms with Crippen molar-refractivity contribution in [3.05, 3.63) is 64.7 Å². The fourth-order valence-electron chi connectivity index (χ4n) is 2.21. The van der Waals surface area contributed by atoms with Crippen LogP contribution in [0.15, 0.2) is 42.5 Å². The lowest BCUT2D eigenvalue weighted by Crippen LogP contribution is -2.27. The van der Waals surface area contributed by atoms with E-state index >= 15 is 0 Å². The lowest BCUT2D eigenvalue weighted by Gasteiger charge is -2.24. The van der Waals surface area contributed by atoms with E-state index in [1.54, 1.807) is 17.0 Å².